The number of carbonyl (C=O) groups excluding carboxylic acids is 1. The van der Waals surface area contributed by atoms with Crippen molar-refractivity contribution in [2.24, 2.45) is 0 Å². The van der Waals surface area contributed by atoms with Gasteiger partial charge in [-0.3, -0.25) is 9.69 Å². The highest BCUT2D eigenvalue weighted by Crippen LogP contribution is 2.25. The monoisotopic (exact) mass is 476 g/mol. The Balaban J connectivity index is 1.20. The molecule has 0 atom stereocenters. The van der Waals surface area contributed by atoms with Gasteiger partial charge in [0.05, 0.1) is 14.2 Å². The average molecular weight is 477 g/mol. The van der Waals surface area contributed by atoms with Crippen LogP contribution in [-0.2, 0) is 11.2 Å². The van der Waals surface area contributed by atoms with Gasteiger partial charge in [0.15, 0.2) is 0 Å². The first kappa shape index (κ1) is 24.5. The van der Waals surface area contributed by atoms with Crippen molar-refractivity contribution in [2.75, 3.05) is 46.9 Å². The largest absolute Gasteiger partial charge is 0.497 e. The fourth-order valence-electron chi connectivity index (χ4n) is 4.04. The number of ether oxygens (including phenoxy) is 2. The molecule has 1 aromatic heterocycles. The number of hydrogen-bond acceptors (Lipinski definition) is 7. The lowest BCUT2D eigenvalue weighted by Crippen LogP contribution is -2.48. The van der Waals surface area contributed by atoms with Gasteiger partial charge in [-0.1, -0.05) is 35.0 Å². The van der Waals surface area contributed by atoms with E-state index in [0.29, 0.717) is 36.3 Å². The van der Waals surface area contributed by atoms with Gasteiger partial charge in [-0.15, -0.1) is 0 Å². The van der Waals surface area contributed by atoms with Gasteiger partial charge in [0.1, 0.15) is 11.5 Å². The Bertz CT molecular complexity index is 1150. The molecule has 1 saturated heterocycles. The first-order valence-electron chi connectivity index (χ1n) is 11.9. The first-order chi connectivity index (χ1) is 17.1. The van der Waals surface area contributed by atoms with E-state index in [1.54, 1.807) is 32.4 Å². The van der Waals surface area contributed by atoms with Crippen LogP contribution in [0.15, 0.2) is 53.1 Å². The van der Waals surface area contributed by atoms with Crippen molar-refractivity contribution < 1.29 is 18.8 Å². The fraction of sp³-hybridized carbons (Fsp3) is 0.370. The molecule has 8 nitrogen and oxygen atoms in total. The van der Waals surface area contributed by atoms with Crippen LogP contribution in [0.4, 0.5) is 0 Å². The van der Waals surface area contributed by atoms with Crippen LogP contribution in [0.1, 0.15) is 23.4 Å². The van der Waals surface area contributed by atoms with Crippen LogP contribution >= 0.6 is 0 Å². The van der Waals surface area contributed by atoms with E-state index < -0.39 is 0 Å². The van der Waals surface area contributed by atoms with Crippen molar-refractivity contribution >= 4 is 12.0 Å². The summed E-state index contributed by atoms with van der Waals surface area (Å²) in [6.07, 6.45) is 5.08. The van der Waals surface area contributed by atoms with Crippen LogP contribution in [0.5, 0.6) is 11.5 Å². The molecule has 1 aliphatic rings. The fourth-order valence-corrected chi connectivity index (χ4v) is 4.04. The van der Waals surface area contributed by atoms with Crippen LogP contribution in [-0.4, -0.2) is 72.8 Å². The van der Waals surface area contributed by atoms with Crippen molar-refractivity contribution in [3.63, 3.8) is 0 Å². The molecular weight excluding hydrogens is 444 g/mol. The second-order valence-corrected chi connectivity index (χ2v) is 8.59. The number of aromatic nitrogens is 2. The van der Waals surface area contributed by atoms with E-state index in [2.05, 4.69) is 22.0 Å². The molecule has 4 rings (SSSR count). The molecule has 0 radical (unpaired) electrons. The number of carbonyl (C=O) groups is 1. The Labute approximate surface area is 206 Å². The predicted octanol–water partition coefficient (Wildman–Crippen LogP) is 3.85. The molecule has 2 aromatic carbocycles. The van der Waals surface area contributed by atoms with Crippen LogP contribution in [0.3, 0.4) is 0 Å². The lowest BCUT2D eigenvalue weighted by molar-refractivity contribution is -0.127. The Morgan fingerprint density at radius 1 is 1.06 bits per heavy atom. The second-order valence-electron chi connectivity index (χ2n) is 8.59. The lowest BCUT2D eigenvalue weighted by Gasteiger charge is -2.34. The van der Waals surface area contributed by atoms with Crippen LogP contribution < -0.4 is 9.47 Å². The molecule has 0 spiro atoms. The Morgan fingerprint density at radius 2 is 1.83 bits per heavy atom. The lowest BCUT2D eigenvalue weighted by atomic mass is 10.1. The topological polar surface area (TPSA) is 80.9 Å². The number of methoxy groups -OCH3 is 2. The predicted molar refractivity (Wildman–Crippen MR) is 134 cm³/mol. The number of nitrogens with zero attached hydrogens (tertiary/aromatic N) is 4. The molecule has 35 heavy (non-hydrogen) atoms. The zero-order valence-electron chi connectivity index (χ0n) is 20.6. The quantitative estimate of drug-likeness (QED) is 0.434. The second kappa shape index (κ2) is 11.7. The number of hydrogen-bond donors (Lipinski definition) is 0. The highest BCUT2D eigenvalue weighted by atomic mass is 16.5. The van der Waals surface area contributed by atoms with Crippen LogP contribution in [0.25, 0.3) is 17.5 Å². The molecule has 184 valence electrons. The maximum atomic E-state index is 12.7. The maximum Gasteiger partial charge on any atom is 0.246 e. The summed E-state index contributed by atoms with van der Waals surface area (Å²) in [4.78, 5) is 21.4. The van der Waals surface area contributed by atoms with Gasteiger partial charge in [0, 0.05) is 55.9 Å². The minimum Gasteiger partial charge on any atom is -0.497 e. The van der Waals surface area contributed by atoms with Gasteiger partial charge in [0.25, 0.3) is 0 Å². The van der Waals surface area contributed by atoms with Gasteiger partial charge < -0.3 is 18.9 Å². The zero-order valence-corrected chi connectivity index (χ0v) is 20.6. The summed E-state index contributed by atoms with van der Waals surface area (Å²) in [6.45, 7) is 6.11. The number of benzene rings is 2. The molecule has 1 aliphatic heterocycles. The van der Waals surface area contributed by atoms with Gasteiger partial charge in [-0.05, 0) is 38.1 Å². The molecule has 0 bridgehead atoms. The minimum absolute atomic E-state index is 0.0111. The average Bonchev–Trinajstić information content (AvgIpc) is 3.37. The molecule has 2 heterocycles. The Kier molecular flexibility index (Phi) is 8.15. The van der Waals surface area contributed by atoms with E-state index in [4.69, 9.17) is 14.0 Å². The zero-order chi connectivity index (χ0) is 24.6. The first-order valence-corrected chi connectivity index (χ1v) is 11.9. The molecule has 1 fully saturated rings. The molecule has 8 heteroatoms. The third-order valence-corrected chi connectivity index (χ3v) is 6.17. The van der Waals surface area contributed by atoms with E-state index in [0.717, 1.165) is 43.6 Å². The van der Waals surface area contributed by atoms with Crippen LogP contribution in [0.2, 0.25) is 0 Å². The summed E-state index contributed by atoms with van der Waals surface area (Å²) in [5.41, 5.74) is 3.01. The number of piperazine rings is 1. The number of rotatable bonds is 9. The van der Waals surface area contributed by atoms with Crippen molar-refractivity contribution in [2.45, 2.75) is 19.8 Å². The van der Waals surface area contributed by atoms with Gasteiger partial charge >= 0.3 is 0 Å². The summed E-state index contributed by atoms with van der Waals surface area (Å²) in [5, 5.41) is 4.11. The highest BCUT2D eigenvalue weighted by molar-refractivity contribution is 5.92. The summed E-state index contributed by atoms with van der Waals surface area (Å²) in [7, 11) is 3.22. The normalized spacial score (nSPS) is 14.4. The van der Waals surface area contributed by atoms with Crippen molar-refractivity contribution in [3.8, 4) is 22.9 Å². The molecule has 0 saturated carbocycles. The SMILES string of the molecule is COc1ccc(/C=C/C(=O)N2CCN(CCCc3nc(-c4ccc(C)cc4)no3)CC2)c(OC)c1. The molecule has 1 amide bonds. The van der Waals surface area contributed by atoms with E-state index in [1.165, 1.54) is 5.56 Å². The molecule has 0 aliphatic carbocycles. The van der Waals surface area contributed by atoms with E-state index in [1.807, 2.05) is 41.3 Å². The minimum atomic E-state index is 0.0111. The van der Waals surface area contributed by atoms with Crippen molar-refractivity contribution in [1.29, 1.82) is 0 Å². The number of aryl methyl sites for hydroxylation is 2. The summed E-state index contributed by atoms with van der Waals surface area (Å²) in [5.74, 6) is 2.69. The standard InChI is InChI=1S/C27H32N4O4/c1-20-6-8-22(9-7-20)27-28-25(35-29-27)5-4-14-30-15-17-31(18-16-30)26(32)13-11-21-10-12-23(33-2)19-24(21)34-3/h6-13,19H,4-5,14-18H2,1-3H3/b13-11+. The molecule has 0 unspecified atom stereocenters. The number of amides is 1. The Morgan fingerprint density at radius 3 is 2.54 bits per heavy atom. The summed E-state index contributed by atoms with van der Waals surface area (Å²) >= 11 is 0. The van der Waals surface area contributed by atoms with Crippen LogP contribution in [0, 0.1) is 6.92 Å². The highest BCUT2D eigenvalue weighted by Gasteiger charge is 2.19. The molecular formula is C27H32N4O4. The third kappa shape index (κ3) is 6.48. The van der Waals surface area contributed by atoms with E-state index in [-0.39, 0.29) is 5.91 Å². The van der Waals surface area contributed by atoms with E-state index >= 15 is 0 Å². The molecule has 0 N–H and O–H groups in total. The van der Waals surface area contributed by atoms with Gasteiger partial charge in [0.2, 0.25) is 17.6 Å². The Hall–Kier alpha value is -3.65. The van der Waals surface area contributed by atoms with Crippen molar-refractivity contribution in [3.05, 3.63) is 65.6 Å². The van der Waals surface area contributed by atoms with Gasteiger partial charge in [-0.2, -0.15) is 4.98 Å². The third-order valence-electron chi connectivity index (χ3n) is 6.17. The van der Waals surface area contributed by atoms with E-state index in [9.17, 15) is 4.79 Å². The van der Waals surface area contributed by atoms with Crippen molar-refractivity contribution in [1.82, 2.24) is 19.9 Å². The smallest absolute Gasteiger partial charge is 0.246 e. The molecule has 3 aromatic rings. The summed E-state index contributed by atoms with van der Waals surface area (Å²) in [6, 6.07) is 13.6. The maximum absolute atomic E-state index is 12.7. The van der Waals surface area contributed by atoms with Gasteiger partial charge in [-0.25, -0.2) is 0 Å². The summed E-state index contributed by atoms with van der Waals surface area (Å²) < 4.78 is 16.0.